The van der Waals surface area contributed by atoms with E-state index in [2.05, 4.69) is 0 Å². The maximum atomic E-state index is 12.9. The van der Waals surface area contributed by atoms with Crippen molar-refractivity contribution >= 4 is 5.78 Å². The summed E-state index contributed by atoms with van der Waals surface area (Å²) in [5, 5.41) is 19.6. The summed E-state index contributed by atoms with van der Waals surface area (Å²) in [7, 11) is 0. The minimum atomic E-state index is -4.75. The number of hydrogen-bond acceptors (Lipinski definition) is 3. The number of carbonyl (C=O) groups is 1. The molecule has 1 aromatic carbocycles. The van der Waals surface area contributed by atoms with E-state index in [0.29, 0.717) is 17.6 Å². The first-order chi connectivity index (χ1) is 11.3. The van der Waals surface area contributed by atoms with Gasteiger partial charge in [0.05, 0.1) is 5.56 Å². The minimum Gasteiger partial charge on any atom is -0.507 e. The molecule has 1 unspecified atom stereocenters. The molecule has 0 saturated heterocycles. The second kappa shape index (κ2) is 8.04. The van der Waals surface area contributed by atoms with Gasteiger partial charge in [-0.05, 0) is 37.8 Å². The Bertz CT molecular complexity index is 644. The summed E-state index contributed by atoms with van der Waals surface area (Å²) < 4.78 is 38.7. The van der Waals surface area contributed by atoms with Gasteiger partial charge in [-0.2, -0.15) is 13.2 Å². The van der Waals surface area contributed by atoms with Gasteiger partial charge in [-0.15, -0.1) is 0 Å². The van der Waals surface area contributed by atoms with Gasteiger partial charge in [-0.1, -0.05) is 37.6 Å². The van der Waals surface area contributed by atoms with Gasteiger partial charge < -0.3 is 10.2 Å². The maximum Gasteiger partial charge on any atom is 0.417 e. The number of alkyl halides is 3. The molecule has 0 fully saturated rings. The zero-order valence-electron chi connectivity index (χ0n) is 14.9. The number of carbonyl (C=O) groups excluding carboxylic acids is 1. The number of aliphatic hydroxyl groups is 1. The van der Waals surface area contributed by atoms with Gasteiger partial charge in [0, 0.05) is 12.8 Å². The molecule has 1 rings (SSSR count). The summed E-state index contributed by atoms with van der Waals surface area (Å²) in [5.41, 5.74) is -1.78. The monoisotopic (exact) mass is 358 g/mol. The van der Waals surface area contributed by atoms with Crippen molar-refractivity contribution in [2.75, 3.05) is 0 Å². The number of phenolic OH excluding ortho intramolecular Hbond substituents is 1. The molecular formula is C19H25F3O3. The lowest BCUT2D eigenvalue weighted by Crippen LogP contribution is -2.42. The maximum absolute atomic E-state index is 12.9. The van der Waals surface area contributed by atoms with Crippen molar-refractivity contribution in [3.8, 4) is 5.75 Å². The van der Waals surface area contributed by atoms with Crippen LogP contribution in [0, 0.1) is 12.8 Å². The predicted octanol–water partition coefficient (Wildman–Crippen LogP) is 4.95. The molecule has 0 amide bonds. The quantitative estimate of drug-likeness (QED) is 0.536. The Kier molecular flexibility index (Phi) is 6.82. The summed E-state index contributed by atoms with van der Waals surface area (Å²) in [6.07, 6.45) is -3.68. The van der Waals surface area contributed by atoms with Crippen LogP contribution in [0.1, 0.15) is 56.0 Å². The molecule has 0 spiro atoms. The smallest absolute Gasteiger partial charge is 0.417 e. The van der Waals surface area contributed by atoms with E-state index in [9.17, 15) is 28.2 Å². The Hall–Kier alpha value is -1.82. The Morgan fingerprint density at radius 2 is 1.88 bits per heavy atom. The molecule has 140 valence electrons. The van der Waals surface area contributed by atoms with Crippen LogP contribution in [0.5, 0.6) is 5.75 Å². The highest BCUT2D eigenvalue weighted by molar-refractivity contribution is 5.99. The van der Waals surface area contributed by atoms with Gasteiger partial charge in [-0.25, -0.2) is 0 Å². The van der Waals surface area contributed by atoms with Gasteiger partial charge in [0.1, 0.15) is 5.75 Å². The Morgan fingerprint density at radius 3 is 2.40 bits per heavy atom. The van der Waals surface area contributed by atoms with Gasteiger partial charge in [0.15, 0.2) is 11.4 Å². The van der Waals surface area contributed by atoms with E-state index in [1.807, 2.05) is 13.8 Å². The molecule has 25 heavy (non-hydrogen) atoms. The zero-order valence-corrected chi connectivity index (χ0v) is 14.9. The number of ketones is 1. The topological polar surface area (TPSA) is 57.5 Å². The fourth-order valence-electron chi connectivity index (χ4n) is 2.53. The summed E-state index contributed by atoms with van der Waals surface area (Å²) in [6, 6.07) is 4.77. The molecule has 3 nitrogen and oxygen atoms in total. The molecular weight excluding hydrogens is 333 g/mol. The van der Waals surface area contributed by atoms with E-state index in [0.717, 1.165) is 6.92 Å². The number of aryl methyl sites for hydroxylation is 1. The van der Waals surface area contributed by atoms with Crippen molar-refractivity contribution < 1.29 is 28.2 Å². The molecule has 0 aliphatic carbocycles. The van der Waals surface area contributed by atoms with Crippen molar-refractivity contribution in [1.82, 2.24) is 0 Å². The molecule has 0 radical (unpaired) electrons. The van der Waals surface area contributed by atoms with E-state index in [-0.39, 0.29) is 29.4 Å². The predicted molar refractivity (Wildman–Crippen MR) is 90.6 cm³/mol. The minimum absolute atomic E-state index is 0.0813. The number of hydrogen-bond donors (Lipinski definition) is 2. The SMILES string of the molecule is Cc1cccc(C(=O)C/C=C(/CC(C)C)CC(C)(O)C(F)(F)F)c1O. The lowest BCUT2D eigenvalue weighted by atomic mass is 9.89. The first kappa shape index (κ1) is 21.2. The van der Waals surface area contributed by atoms with Crippen LogP contribution in [0.2, 0.25) is 0 Å². The number of halogens is 3. The van der Waals surface area contributed by atoms with Crippen LogP contribution in [0.4, 0.5) is 13.2 Å². The number of rotatable bonds is 7. The zero-order chi connectivity index (χ0) is 19.4. The van der Waals surface area contributed by atoms with Crippen LogP contribution in [-0.4, -0.2) is 27.8 Å². The fraction of sp³-hybridized carbons (Fsp3) is 0.526. The second-order valence-electron chi connectivity index (χ2n) is 7.01. The highest BCUT2D eigenvalue weighted by Crippen LogP contribution is 2.36. The number of phenols is 1. The first-order valence-electron chi connectivity index (χ1n) is 8.14. The van der Waals surface area contributed by atoms with Crippen LogP contribution >= 0.6 is 0 Å². The molecule has 1 atom stereocenters. The highest BCUT2D eigenvalue weighted by atomic mass is 19.4. The van der Waals surface area contributed by atoms with Gasteiger partial charge in [-0.3, -0.25) is 4.79 Å². The lowest BCUT2D eigenvalue weighted by Gasteiger charge is -2.28. The Morgan fingerprint density at radius 1 is 1.28 bits per heavy atom. The van der Waals surface area contributed by atoms with E-state index in [1.165, 1.54) is 12.1 Å². The largest absolute Gasteiger partial charge is 0.507 e. The molecule has 6 heteroatoms. The van der Waals surface area contributed by atoms with Gasteiger partial charge in [0.25, 0.3) is 0 Å². The van der Waals surface area contributed by atoms with Crippen LogP contribution in [-0.2, 0) is 0 Å². The lowest BCUT2D eigenvalue weighted by molar-refractivity contribution is -0.252. The fourth-order valence-corrected chi connectivity index (χ4v) is 2.53. The molecule has 0 saturated carbocycles. The highest BCUT2D eigenvalue weighted by Gasteiger charge is 2.49. The second-order valence-corrected chi connectivity index (χ2v) is 7.01. The molecule has 2 N–H and O–H groups in total. The van der Waals surface area contributed by atoms with Crippen molar-refractivity contribution in [3.63, 3.8) is 0 Å². The summed E-state index contributed by atoms with van der Waals surface area (Å²) in [6.45, 7) is 6.09. The van der Waals surface area contributed by atoms with Crippen LogP contribution in [0.25, 0.3) is 0 Å². The van der Waals surface area contributed by atoms with Gasteiger partial charge >= 0.3 is 6.18 Å². The Balaban J connectivity index is 3.00. The third-order valence-electron chi connectivity index (χ3n) is 3.97. The molecule has 0 heterocycles. The number of para-hydroxylation sites is 1. The van der Waals surface area contributed by atoms with E-state index in [1.54, 1.807) is 19.1 Å². The molecule has 0 aromatic heterocycles. The molecule has 0 aliphatic rings. The van der Waals surface area contributed by atoms with Crippen LogP contribution in [0.3, 0.4) is 0 Å². The number of benzene rings is 1. The Labute approximate surface area is 146 Å². The molecule has 0 bridgehead atoms. The molecule has 0 aliphatic heterocycles. The standard InChI is InChI=1S/C19H25F3O3/c1-12(2)10-14(11-18(4,25)19(20,21)22)8-9-16(23)15-7-5-6-13(3)17(15)24/h5-8,12,24-25H,9-11H2,1-4H3/b14-8-. The van der Waals surface area contributed by atoms with Crippen molar-refractivity contribution in [1.29, 1.82) is 0 Å². The third kappa shape index (κ3) is 5.88. The summed E-state index contributed by atoms with van der Waals surface area (Å²) in [5.74, 6) is -0.416. The van der Waals surface area contributed by atoms with Crippen LogP contribution < -0.4 is 0 Å². The third-order valence-corrected chi connectivity index (χ3v) is 3.97. The van der Waals surface area contributed by atoms with Crippen molar-refractivity contribution in [2.45, 2.75) is 58.7 Å². The normalized spacial score (nSPS) is 15.3. The van der Waals surface area contributed by atoms with Gasteiger partial charge in [0.2, 0.25) is 0 Å². The average molecular weight is 358 g/mol. The van der Waals surface area contributed by atoms with E-state index in [4.69, 9.17) is 0 Å². The van der Waals surface area contributed by atoms with Crippen LogP contribution in [0.15, 0.2) is 29.8 Å². The number of aromatic hydroxyl groups is 1. The van der Waals surface area contributed by atoms with Crippen molar-refractivity contribution in [2.24, 2.45) is 5.92 Å². The van der Waals surface area contributed by atoms with E-state index >= 15 is 0 Å². The van der Waals surface area contributed by atoms with Crippen molar-refractivity contribution in [3.05, 3.63) is 41.0 Å². The summed E-state index contributed by atoms with van der Waals surface area (Å²) >= 11 is 0. The number of allylic oxidation sites excluding steroid dienone is 1. The first-order valence-corrected chi connectivity index (χ1v) is 8.14. The van der Waals surface area contributed by atoms with E-state index < -0.39 is 18.2 Å². The average Bonchev–Trinajstić information content (AvgIpc) is 2.45. The summed E-state index contributed by atoms with van der Waals surface area (Å²) in [4.78, 5) is 12.3. The number of Topliss-reactive ketones (excluding diaryl/α,β-unsaturated/α-hetero) is 1. The molecule has 1 aromatic rings.